The third-order valence-corrected chi connectivity index (χ3v) is 11.6. The maximum Gasteiger partial charge on any atom is 0.137 e. The zero-order valence-corrected chi connectivity index (χ0v) is 33.2. The number of anilines is 4. The SMILES string of the molecule is CC(C)(C)c1ccnc(-n2c3ccccc3c3ccc(Oc4cccc(Nc5ccccc5Nc5cc6c(cc5Br)C(C)(C)CCC6(C)C)c4)cc32)c1. The Morgan fingerprint density at radius 3 is 2.06 bits per heavy atom. The van der Waals surface area contributed by atoms with E-state index in [4.69, 9.17) is 9.72 Å². The van der Waals surface area contributed by atoms with E-state index in [2.05, 4.69) is 177 Å². The first-order valence-corrected chi connectivity index (χ1v) is 19.3. The number of para-hydroxylation sites is 3. The summed E-state index contributed by atoms with van der Waals surface area (Å²) in [5.74, 6) is 2.41. The molecule has 0 saturated heterocycles. The van der Waals surface area contributed by atoms with Gasteiger partial charge >= 0.3 is 0 Å². The van der Waals surface area contributed by atoms with E-state index in [0.29, 0.717) is 0 Å². The van der Waals surface area contributed by atoms with Crippen molar-refractivity contribution in [3.63, 3.8) is 0 Å². The highest BCUT2D eigenvalue weighted by atomic mass is 79.9. The molecule has 53 heavy (non-hydrogen) atoms. The number of pyridine rings is 1. The predicted molar refractivity (Wildman–Crippen MR) is 226 cm³/mol. The molecular formula is C47H47BrN4O. The van der Waals surface area contributed by atoms with Crippen LogP contribution < -0.4 is 15.4 Å². The molecule has 0 amide bonds. The third kappa shape index (κ3) is 6.70. The van der Waals surface area contributed by atoms with Crippen molar-refractivity contribution in [2.75, 3.05) is 10.6 Å². The molecule has 0 saturated carbocycles. The van der Waals surface area contributed by atoms with E-state index in [1.165, 1.54) is 34.9 Å². The van der Waals surface area contributed by atoms with Crippen LogP contribution >= 0.6 is 15.9 Å². The Labute approximate surface area is 321 Å². The molecule has 7 aromatic rings. The summed E-state index contributed by atoms with van der Waals surface area (Å²) in [6, 6.07) is 40.3. The lowest BCUT2D eigenvalue weighted by molar-refractivity contribution is 0.332. The molecule has 6 heteroatoms. The van der Waals surface area contributed by atoms with Crippen molar-refractivity contribution in [1.29, 1.82) is 0 Å². The van der Waals surface area contributed by atoms with Gasteiger partial charge in [-0.1, -0.05) is 84.9 Å². The molecular weight excluding hydrogens is 716 g/mol. The quantitative estimate of drug-likeness (QED) is 0.170. The minimum absolute atomic E-state index is 0.00682. The van der Waals surface area contributed by atoms with Gasteiger partial charge < -0.3 is 15.4 Å². The van der Waals surface area contributed by atoms with Gasteiger partial charge in [0.1, 0.15) is 17.3 Å². The van der Waals surface area contributed by atoms with Crippen LogP contribution in [0.25, 0.3) is 27.6 Å². The van der Waals surface area contributed by atoms with Gasteiger partial charge in [0.05, 0.1) is 28.1 Å². The second-order valence-electron chi connectivity index (χ2n) is 16.8. The normalized spacial score (nSPS) is 14.9. The highest BCUT2D eigenvalue weighted by Gasteiger charge is 2.37. The molecule has 0 spiro atoms. The fraction of sp³-hybridized carbons (Fsp3) is 0.255. The second kappa shape index (κ2) is 13.1. The van der Waals surface area contributed by atoms with Gasteiger partial charge in [0, 0.05) is 39.3 Å². The van der Waals surface area contributed by atoms with Gasteiger partial charge in [-0.2, -0.15) is 0 Å². The maximum atomic E-state index is 6.56. The number of rotatable bonds is 7. The molecule has 268 valence electrons. The van der Waals surface area contributed by atoms with Crippen molar-refractivity contribution in [1.82, 2.24) is 9.55 Å². The number of ether oxygens (including phenoxy) is 1. The fourth-order valence-corrected chi connectivity index (χ4v) is 8.17. The number of benzene rings is 5. The van der Waals surface area contributed by atoms with Gasteiger partial charge in [-0.15, -0.1) is 0 Å². The van der Waals surface area contributed by atoms with Gasteiger partial charge in [-0.25, -0.2) is 4.98 Å². The summed E-state index contributed by atoms with van der Waals surface area (Å²) in [7, 11) is 0. The third-order valence-electron chi connectivity index (χ3n) is 11.0. The molecule has 0 unspecified atom stereocenters. The smallest absolute Gasteiger partial charge is 0.137 e. The van der Waals surface area contributed by atoms with Gasteiger partial charge in [-0.3, -0.25) is 4.57 Å². The summed E-state index contributed by atoms with van der Waals surface area (Å²) in [4.78, 5) is 4.84. The van der Waals surface area contributed by atoms with Crippen molar-refractivity contribution < 1.29 is 4.74 Å². The topological polar surface area (TPSA) is 51.1 Å². The first-order valence-electron chi connectivity index (χ1n) is 18.5. The van der Waals surface area contributed by atoms with Crippen molar-refractivity contribution in [3.8, 4) is 17.3 Å². The van der Waals surface area contributed by atoms with Crippen LogP contribution in [-0.4, -0.2) is 9.55 Å². The van der Waals surface area contributed by atoms with Crippen molar-refractivity contribution in [2.24, 2.45) is 0 Å². The van der Waals surface area contributed by atoms with Crippen molar-refractivity contribution in [3.05, 3.63) is 143 Å². The summed E-state index contributed by atoms with van der Waals surface area (Å²) in [6.07, 6.45) is 4.27. The van der Waals surface area contributed by atoms with E-state index >= 15 is 0 Å². The van der Waals surface area contributed by atoms with E-state index in [0.717, 1.165) is 61.0 Å². The Hall–Kier alpha value is -5.07. The Kier molecular flexibility index (Phi) is 8.65. The number of nitrogens with one attached hydrogen (secondary N) is 2. The zero-order valence-electron chi connectivity index (χ0n) is 31.6. The highest BCUT2D eigenvalue weighted by Crippen LogP contribution is 2.49. The zero-order chi connectivity index (χ0) is 37.1. The standard InChI is InChI=1S/C47H47BrN4O/c1-45(2,3)30-21-24-49-44(25-30)52-42-18-11-8-15-34(42)35-20-19-33(27-43(35)52)53-32-14-12-13-31(26-32)50-39-16-9-10-17-40(39)51-41-29-37-36(28-38(41)48)46(4,5)22-23-47(37,6)7/h8-21,24-29,50-51H,22-23H2,1-7H3. The average Bonchev–Trinajstić information content (AvgIpc) is 3.45. The molecule has 1 aliphatic rings. The molecule has 0 atom stereocenters. The monoisotopic (exact) mass is 762 g/mol. The Bertz CT molecular complexity index is 2500. The van der Waals surface area contributed by atoms with Crippen LogP contribution in [0.4, 0.5) is 22.7 Å². The molecule has 5 nitrogen and oxygen atoms in total. The largest absolute Gasteiger partial charge is 0.457 e. The Morgan fingerprint density at radius 2 is 1.30 bits per heavy atom. The minimum atomic E-state index is 0.00682. The predicted octanol–water partition coefficient (Wildman–Crippen LogP) is 13.9. The second-order valence-corrected chi connectivity index (χ2v) is 17.6. The highest BCUT2D eigenvalue weighted by molar-refractivity contribution is 9.10. The molecule has 0 bridgehead atoms. The molecule has 2 heterocycles. The van der Waals surface area contributed by atoms with Crippen LogP contribution in [0.3, 0.4) is 0 Å². The molecule has 0 radical (unpaired) electrons. The summed E-state index contributed by atoms with van der Waals surface area (Å²) >= 11 is 3.90. The molecule has 0 aliphatic heterocycles. The lowest BCUT2D eigenvalue weighted by Crippen LogP contribution is -2.33. The van der Waals surface area contributed by atoms with E-state index in [1.54, 1.807) is 0 Å². The van der Waals surface area contributed by atoms with E-state index in [9.17, 15) is 0 Å². The van der Waals surface area contributed by atoms with E-state index < -0.39 is 0 Å². The van der Waals surface area contributed by atoms with Crippen LogP contribution in [0.5, 0.6) is 11.5 Å². The average molecular weight is 764 g/mol. The van der Waals surface area contributed by atoms with Crippen LogP contribution in [0.15, 0.2) is 126 Å². The molecule has 2 aromatic heterocycles. The summed E-state index contributed by atoms with van der Waals surface area (Å²) in [6.45, 7) is 16.2. The van der Waals surface area contributed by atoms with Gasteiger partial charge in [0.15, 0.2) is 0 Å². The molecule has 1 aliphatic carbocycles. The lowest BCUT2D eigenvalue weighted by atomic mass is 9.63. The summed E-state index contributed by atoms with van der Waals surface area (Å²) < 4.78 is 9.88. The number of hydrogen-bond acceptors (Lipinski definition) is 4. The number of hydrogen-bond donors (Lipinski definition) is 2. The number of nitrogens with zero attached hydrogens (tertiary/aromatic N) is 2. The fourth-order valence-electron chi connectivity index (χ4n) is 7.73. The van der Waals surface area contributed by atoms with Crippen molar-refractivity contribution >= 4 is 60.5 Å². The number of aromatic nitrogens is 2. The first-order chi connectivity index (χ1) is 25.3. The first kappa shape index (κ1) is 35.0. The minimum Gasteiger partial charge on any atom is -0.457 e. The number of halogens is 1. The lowest BCUT2D eigenvalue weighted by Gasteiger charge is -2.42. The maximum absolute atomic E-state index is 6.56. The molecule has 0 fully saturated rings. The van der Waals surface area contributed by atoms with Crippen LogP contribution in [0, 0.1) is 0 Å². The van der Waals surface area contributed by atoms with E-state index in [1.807, 2.05) is 24.4 Å². The van der Waals surface area contributed by atoms with Gasteiger partial charge in [-0.05, 0) is 128 Å². The van der Waals surface area contributed by atoms with Crippen LogP contribution in [-0.2, 0) is 16.2 Å². The van der Waals surface area contributed by atoms with Crippen molar-refractivity contribution in [2.45, 2.75) is 77.6 Å². The van der Waals surface area contributed by atoms with E-state index in [-0.39, 0.29) is 16.2 Å². The summed E-state index contributed by atoms with van der Waals surface area (Å²) in [5.41, 5.74) is 10.5. The van der Waals surface area contributed by atoms with Gasteiger partial charge in [0.2, 0.25) is 0 Å². The molecule has 5 aromatic carbocycles. The summed E-state index contributed by atoms with van der Waals surface area (Å²) in [5, 5.41) is 9.74. The molecule has 8 rings (SSSR count). The molecule has 2 N–H and O–H groups in total. The Balaban J connectivity index is 1.09. The van der Waals surface area contributed by atoms with Crippen LogP contribution in [0.2, 0.25) is 0 Å². The Morgan fingerprint density at radius 1 is 0.642 bits per heavy atom. The van der Waals surface area contributed by atoms with Crippen LogP contribution in [0.1, 0.15) is 78.0 Å². The van der Waals surface area contributed by atoms with Gasteiger partial charge in [0.25, 0.3) is 0 Å². The number of fused-ring (bicyclic) bond motifs is 4.